The van der Waals surface area contributed by atoms with Crippen LogP contribution >= 0.6 is 27.3 Å². The number of anilines is 1. The van der Waals surface area contributed by atoms with Gasteiger partial charge in [0.05, 0.1) is 3.79 Å². The summed E-state index contributed by atoms with van der Waals surface area (Å²) in [7, 11) is 0. The highest BCUT2D eigenvalue weighted by atomic mass is 79.9. The van der Waals surface area contributed by atoms with E-state index in [1.165, 1.54) is 12.1 Å². The molecule has 1 aromatic carbocycles. The van der Waals surface area contributed by atoms with Gasteiger partial charge < -0.3 is 10.1 Å². The first-order valence-corrected chi connectivity index (χ1v) is 6.93. The summed E-state index contributed by atoms with van der Waals surface area (Å²) in [6.07, 6.45) is 0. The van der Waals surface area contributed by atoms with E-state index in [0.29, 0.717) is 12.2 Å². The Labute approximate surface area is 120 Å². The number of hydrogen-bond donors (Lipinski definition) is 1. The average molecular weight is 352 g/mol. The van der Waals surface area contributed by atoms with Crippen molar-refractivity contribution in [3.05, 3.63) is 44.8 Å². The highest BCUT2D eigenvalue weighted by Crippen LogP contribution is 2.24. The fourth-order valence-electron chi connectivity index (χ4n) is 1.44. The minimum atomic E-state index is -3.03. The first kappa shape index (κ1) is 14.2. The van der Waals surface area contributed by atoms with Crippen LogP contribution in [0.3, 0.4) is 0 Å². The lowest BCUT2D eigenvalue weighted by Crippen LogP contribution is -2.04. The average Bonchev–Trinajstić information content (AvgIpc) is 2.75. The van der Waals surface area contributed by atoms with E-state index in [4.69, 9.17) is 0 Å². The Morgan fingerprint density at radius 1 is 1.32 bits per heavy atom. The molecule has 0 unspecified atom stereocenters. The second-order valence-corrected chi connectivity index (χ2v) is 5.93. The Kier molecular flexibility index (Phi) is 4.71. The minimum Gasteiger partial charge on any atom is -0.432 e. The maximum Gasteiger partial charge on any atom is 0.387 e. The third-order valence-electron chi connectivity index (χ3n) is 2.27. The lowest BCUT2D eigenvalue weighted by molar-refractivity contribution is -0.0521. The monoisotopic (exact) mass is 351 g/mol. The van der Waals surface area contributed by atoms with Crippen LogP contribution in [0.25, 0.3) is 0 Å². The number of halogens is 4. The third kappa shape index (κ3) is 4.14. The van der Waals surface area contributed by atoms with Gasteiger partial charge in [0.25, 0.3) is 0 Å². The minimum absolute atomic E-state index is 0.459. The Bertz CT molecular complexity index is 562. The van der Waals surface area contributed by atoms with Crippen LogP contribution in [-0.4, -0.2) is 6.61 Å². The predicted octanol–water partition coefficient (Wildman–Crippen LogP) is 4.86. The van der Waals surface area contributed by atoms with E-state index in [-0.39, 0.29) is 0 Å². The van der Waals surface area contributed by atoms with Crippen LogP contribution in [0, 0.1) is 5.82 Å². The van der Waals surface area contributed by atoms with E-state index in [1.807, 2.05) is 11.4 Å². The standard InChI is InChI=1S/C12H9BrF3NOS/c13-11-3-7(6-19-11)5-17-8-1-2-10(9(14)4-8)18-12(15)16/h1-4,6,12,17H,5H2. The number of rotatable bonds is 5. The molecule has 0 aliphatic heterocycles. The molecule has 0 atom stereocenters. The summed E-state index contributed by atoms with van der Waals surface area (Å²) >= 11 is 4.90. The highest BCUT2D eigenvalue weighted by Gasteiger charge is 2.10. The summed E-state index contributed by atoms with van der Waals surface area (Å²) in [5, 5.41) is 4.96. The van der Waals surface area contributed by atoms with Gasteiger partial charge in [-0.15, -0.1) is 11.3 Å². The SMILES string of the molecule is Fc1cc(NCc2csc(Br)c2)ccc1OC(F)F. The molecular formula is C12H9BrF3NOS. The van der Waals surface area contributed by atoms with Gasteiger partial charge >= 0.3 is 6.61 Å². The molecular weight excluding hydrogens is 343 g/mol. The number of thiophene rings is 1. The molecule has 0 bridgehead atoms. The van der Waals surface area contributed by atoms with Crippen LogP contribution < -0.4 is 10.1 Å². The highest BCUT2D eigenvalue weighted by molar-refractivity contribution is 9.11. The quantitative estimate of drug-likeness (QED) is 0.830. The maximum atomic E-state index is 13.4. The lowest BCUT2D eigenvalue weighted by Gasteiger charge is -2.09. The number of nitrogens with one attached hydrogen (secondary N) is 1. The summed E-state index contributed by atoms with van der Waals surface area (Å²) in [5.74, 6) is -1.28. The number of benzene rings is 1. The van der Waals surface area contributed by atoms with Crippen LogP contribution in [0.1, 0.15) is 5.56 Å². The van der Waals surface area contributed by atoms with Gasteiger partial charge in [-0.25, -0.2) is 4.39 Å². The van der Waals surface area contributed by atoms with Gasteiger partial charge in [-0.1, -0.05) is 0 Å². The van der Waals surface area contributed by atoms with E-state index in [2.05, 4.69) is 26.0 Å². The largest absolute Gasteiger partial charge is 0.432 e. The van der Waals surface area contributed by atoms with Crippen molar-refractivity contribution >= 4 is 33.0 Å². The molecule has 0 radical (unpaired) electrons. The van der Waals surface area contributed by atoms with E-state index in [1.54, 1.807) is 11.3 Å². The molecule has 2 nitrogen and oxygen atoms in total. The molecule has 0 aliphatic carbocycles. The van der Waals surface area contributed by atoms with Crippen molar-refractivity contribution in [2.45, 2.75) is 13.2 Å². The molecule has 7 heteroatoms. The maximum absolute atomic E-state index is 13.4. The van der Waals surface area contributed by atoms with Crippen molar-refractivity contribution in [3.8, 4) is 5.75 Å². The first-order chi connectivity index (χ1) is 9.04. The molecule has 0 saturated carbocycles. The number of hydrogen-bond acceptors (Lipinski definition) is 3. The third-order valence-corrected chi connectivity index (χ3v) is 3.82. The van der Waals surface area contributed by atoms with Gasteiger partial charge in [0.2, 0.25) is 0 Å². The van der Waals surface area contributed by atoms with Crippen molar-refractivity contribution in [1.29, 1.82) is 0 Å². The van der Waals surface area contributed by atoms with E-state index < -0.39 is 18.2 Å². The van der Waals surface area contributed by atoms with Gasteiger partial charge in [0.15, 0.2) is 11.6 Å². The smallest absolute Gasteiger partial charge is 0.387 e. The lowest BCUT2D eigenvalue weighted by atomic mass is 10.2. The Morgan fingerprint density at radius 2 is 2.11 bits per heavy atom. The van der Waals surface area contributed by atoms with Crippen molar-refractivity contribution < 1.29 is 17.9 Å². The van der Waals surface area contributed by atoms with Gasteiger partial charge in [0, 0.05) is 18.3 Å². The zero-order valence-electron chi connectivity index (χ0n) is 9.50. The summed E-state index contributed by atoms with van der Waals surface area (Å²) in [5.41, 5.74) is 1.55. The van der Waals surface area contributed by atoms with Crippen LogP contribution in [0.2, 0.25) is 0 Å². The molecule has 0 amide bonds. The van der Waals surface area contributed by atoms with Gasteiger partial charge in [0.1, 0.15) is 0 Å². The van der Waals surface area contributed by atoms with Crippen LogP contribution in [0.4, 0.5) is 18.9 Å². The normalized spacial score (nSPS) is 10.8. The topological polar surface area (TPSA) is 21.3 Å². The molecule has 0 fully saturated rings. The molecule has 0 spiro atoms. The molecule has 102 valence electrons. The Morgan fingerprint density at radius 3 is 2.68 bits per heavy atom. The molecule has 19 heavy (non-hydrogen) atoms. The molecule has 1 heterocycles. The molecule has 1 N–H and O–H groups in total. The number of ether oxygens (including phenoxy) is 1. The summed E-state index contributed by atoms with van der Waals surface area (Å²) in [6, 6.07) is 5.73. The summed E-state index contributed by atoms with van der Waals surface area (Å²) in [6.45, 7) is -2.51. The van der Waals surface area contributed by atoms with Crippen LogP contribution in [-0.2, 0) is 6.54 Å². The zero-order chi connectivity index (χ0) is 13.8. The second kappa shape index (κ2) is 6.29. The zero-order valence-corrected chi connectivity index (χ0v) is 11.9. The molecule has 0 aliphatic rings. The van der Waals surface area contributed by atoms with Gasteiger partial charge in [-0.05, 0) is 45.1 Å². The van der Waals surface area contributed by atoms with Crippen molar-refractivity contribution in [2.75, 3.05) is 5.32 Å². The molecule has 2 aromatic rings. The van der Waals surface area contributed by atoms with Gasteiger partial charge in [-0.3, -0.25) is 0 Å². The molecule has 1 aromatic heterocycles. The van der Waals surface area contributed by atoms with Crippen LogP contribution in [0.5, 0.6) is 5.75 Å². The molecule has 0 saturated heterocycles. The Balaban J connectivity index is 1.99. The summed E-state index contributed by atoms with van der Waals surface area (Å²) in [4.78, 5) is 0. The van der Waals surface area contributed by atoms with Crippen molar-refractivity contribution in [3.63, 3.8) is 0 Å². The van der Waals surface area contributed by atoms with Crippen LogP contribution in [0.15, 0.2) is 33.4 Å². The first-order valence-electron chi connectivity index (χ1n) is 5.26. The van der Waals surface area contributed by atoms with E-state index >= 15 is 0 Å². The Hall–Kier alpha value is -1.21. The van der Waals surface area contributed by atoms with Crippen molar-refractivity contribution in [1.82, 2.24) is 0 Å². The van der Waals surface area contributed by atoms with E-state index in [9.17, 15) is 13.2 Å². The van der Waals surface area contributed by atoms with Gasteiger partial charge in [-0.2, -0.15) is 8.78 Å². The summed E-state index contributed by atoms with van der Waals surface area (Å²) < 4.78 is 42.4. The fraction of sp³-hybridized carbons (Fsp3) is 0.167. The molecule has 2 rings (SSSR count). The number of alkyl halides is 2. The van der Waals surface area contributed by atoms with Crippen molar-refractivity contribution in [2.24, 2.45) is 0 Å². The predicted molar refractivity (Wildman–Crippen MR) is 72.4 cm³/mol. The van der Waals surface area contributed by atoms with E-state index in [0.717, 1.165) is 15.4 Å². The fourth-order valence-corrected chi connectivity index (χ4v) is 2.65. The second-order valence-electron chi connectivity index (χ2n) is 3.64.